The van der Waals surface area contributed by atoms with Crippen LogP contribution in [0.1, 0.15) is 25.7 Å². The Morgan fingerprint density at radius 1 is 1.25 bits per heavy atom. The zero-order valence-electron chi connectivity index (χ0n) is 7.26. The third-order valence-corrected chi connectivity index (χ3v) is 3.50. The SMILES string of the molecule is ClC1CCCCC1C1CNCO1. The molecule has 0 aromatic carbocycles. The second kappa shape index (κ2) is 3.95. The number of hydrogen-bond acceptors (Lipinski definition) is 2. The molecule has 1 N–H and O–H groups in total. The smallest absolute Gasteiger partial charge is 0.0970 e. The first-order chi connectivity index (χ1) is 5.88. The number of halogens is 1. The van der Waals surface area contributed by atoms with Crippen molar-refractivity contribution in [2.45, 2.75) is 37.2 Å². The Morgan fingerprint density at radius 2 is 2.08 bits per heavy atom. The Kier molecular flexibility index (Phi) is 2.89. The number of nitrogens with one attached hydrogen (secondary N) is 1. The molecule has 0 spiro atoms. The predicted octanol–water partition coefficient (Wildman–Crippen LogP) is 1.73. The summed E-state index contributed by atoms with van der Waals surface area (Å²) in [6.07, 6.45) is 5.43. The maximum absolute atomic E-state index is 6.25. The molecule has 1 aliphatic carbocycles. The summed E-state index contributed by atoms with van der Waals surface area (Å²) in [5.74, 6) is 0.593. The summed E-state index contributed by atoms with van der Waals surface area (Å²) in [7, 11) is 0. The van der Waals surface area contributed by atoms with Crippen LogP contribution in [0.15, 0.2) is 0 Å². The minimum absolute atomic E-state index is 0.351. The van der Waals surface area contributed by atoms with Crippen LogP contribution in [0.2, 0.25) is 0 Å². The van der Waals surface area contributed by atoms with Gasteiger partial charge in [0, 0.05) is 17.8 Å². The van der Waals surface area contributed by atoms with E-state index in [1.165, 1.54) is 25.7 Å². The molecule has 3 atom stereocenters. The summed E-state index contributed by atoms with van der Waals surface area (Å²) in [4.78, 5) is 0. The zero-order chi connectivity index (χ0) is 8.39. The lowest BCUT2D eigenvalue weighted by molar-refractivity contribution is 0.0541. The first kappa shape index (κ1) is 8.79. The average molecular weight is 190 g/mol. The lowest BCUT2D eigenvalue weighted by Gasteiger charge is -2.30. The first-order valence-electron chi connectivity index (χ1n) is 4.84. The van der Waals surface area contributed by atoms with E-state index in [-0.39, 0.29) is 0 Å². The largest absolute Gasteiger partial charge is 0.361 e. The predicted molar refractivity (Wildman–Crippen MR) is 49.3 cm³/mol. The molecule has 0 bridgehead atoms. The summed E-state index contributed by atoms with van der Waals surface area (Å²) in [5, 5.41) is 3.56. The third kappa shape index (κ3) is 1.76. The molecule has 1 saturated heterocycles. The lowest BCUT2D eigenvalue weighted by Crippen LogP contribution is -2.33. The number of rotatable bonds is 1. The number of ether oxygens (including phenoxy) is 1. The Labute approximate surface area is 78.6 Å². The number of alkyl halides is 1. The van der Waals surface area contributed by atoms with Gasteiger partial charge in [-0.1, -0.05) is 12.8 Å². The van der Waals surface area contributed by atoms with Crippen LogP contribution in [0.25, 0.3) is 0 Å². The summed E-state index contributed by atoms with van der Waals surface area (Å²) in [6.45, 7) is 1.71. The molecule has 2 aliphatic rings. The Balaban J connectivity index is 1.91. The summed E-state index contributed by atoms with van der Waals surface area (Å²) in [5.41, 5.74) is 0. The Hall–Kier alpha value is 0.210. The van der Waals surface area contributed by atoms with Gasteiger partial charge in [0.1, 0.15) is 0 Å². The highest BCUT2D eigenvalue weighted by molar-refractivity contribution is 6.20. The van der Waals surface area contributed by atoms with Crippen LogP contribution in [0.4, 0.5) is 0 Å². The monoisotopic (exact) mass is 189 g/mol. The first-order valence-corrected chi connectivity index (χ1v) is 5.28. The molecule has 70 valence electrons. The van der Waals surface area contributed by atoms with E-state index < -0.39 is 0 Å². The fourth-order valence-corrected chi connectivity index (χ4v) is 2.68. The Bertz CT molecular complexity index is 147. The van der Waals surface area contributed by atoms with E-state index in [4.69, 9.17) is 16.3 Å². The minimum atomic E-state index is 0.351. The maximum atomic E-state index is 6.25. The van der Waals surface area contributed by atoms with Gasteiger partial charge in [0.2, 0.25) is 0 Å². The molecule has 0 amide bonds. The fraction of sp³-hybridized carbons (Fsp3) is 1.00. The summed E-state index contributed by atoms with van der Waals surface area (Å²) >= 11 is 6.25. The van der Waals surface area contributed by atoms with Crippen LogP contribution < -0.4 is 5.32 Å². The fourth-order valence-electron chi connectivity index (χ4n) is 2.23. The molecule has 3 heteroatoms. The maximum Gasteiger partial charge on any atom is 0.0970 e. The van der Waals surface area contributed by atoms with Crippen molar-refractivity contribution in [3.63, 3.8) is 0 Å². The van der Waals surface area contributed by atoms with Gasteiger partial charge in [-0.25, -0.2) is 0 Å². The highest BCUT2D eigenvalue weighted by Crippen LogP contribution is 2.32. The standard InChI is InChI=1S/C9H16ClNO/c10-8-4-2-1-3-7(8)9-5-11-6-12-9/h7-9,11H,1-6H2. The second-order valence-electron chi connectivity index (χ2n) is 3.77. The van der Waals surface area contributed by atoms with Crippen molar-refractivity contribution >= 4 is 11.6 Å². The highest BCUT2D eigenvalue weighted by Gasteiger charge is 2.32. The van der Waals surface area contributed by atoms with E-state index in [0.717, 1.165) is 6.54 Å². The Morgan fingerprint density at radius 3 is 2.75 bits per heavy atom. The second-order valence-corrected chi connectivity index (χ2v) is 4.33. The molecular formula is C9H16ClNO. The van der Waals surface area contributed by atoms with Gasteiger partial charge in [-0.3, -0.25) is 5.32 Å². The molecule has 1 saturated carbocycles. The van der Waals surface area contributed by atoms with Crippen molar-refractivity contribution in [2.24, 2.45) is 5.92 Å². The lowest BCUT2D eigenvalue weighted by atomic mass is 9.85. The molecule has 1 heterocycles. The van der Waals surface area contributed by atoms with Crippen molar-refractivity contribution < 1.29 is 4.74 Å². The molecular weight excluding hydrogens is 174 g/mol. The minimum Gasteiger partial charge on any atom is -0.361 e. The van der Waals surface area contributed by atoms with Crippen molar-refractivity contribution in [1.82, 2.24) is 5.32 Å². The van der Waals surface area contributed by atoms with Gasteiger partial charge in [0.05, 0.1) is 12.8 Å². The van der Waals surface area contributed by atoms with E-state index in [0.29, 0.717) is 24.1 Å². The van der Waals surface area contributed by atoms with E-state index >= 15 is 0 Å². The van der Waals surface area contributed by atoms with Gasteiger partial charge in [-0.05, 0) is 12.8 Å². The molecule has 2 nitrogen and oxygen atoms in total. The average Bonchev–Trinajstić information content (AvgIpc) is 2.57. The van der Waals surface area contributed by atoms with Crippen molar-refractivity contribution in [1.29, 1.82) is 0 Å². The van der Waals surface area contributed by atoms with Crippen LogP contribution in [0.5, 0.6) is 0 Å². The van der Waals surface area contributed by atoms with E-state index in [2.05, 4.69) is 5.32 Å². The summed E-state index contributed by atoms with van der Waals surface area (Å²) in [6, 6.07) is 0. The van der Waals surface area contributed by atoms with Gasteiger partial charge < -0.3 is 4.74 Å². The van der Waals surface area contributed by atoms with Gasteiger partial charge in [0.15, 0.2) is 0 Å². The van der Waals surface area contributed by atoms with E-state index in [9.17, 15) is 0 Å². The molecule has 2 rings (SSSR count). The van der Waals surface area contributed by atoms with Crippen LogP contribution in [-0.4, -0.2) is 24.8 Å². The van der Waals surface area contributed by atoms with Crippen LogP contribution >= 0.6 is 11.6 Å². The van der Waals surface area contributed by atoms with Gasteiger partial charge >= 0.3 is 0 Å². The van der Waals surface area contributed by atoms with Crippen molar-refractivity contribution in [2.75, 3.05) is 13.3 Å². The summed E-state index contributed by atoms with van der Waals surface area (Å²) < 4.78 is 5.57. The zero-order valence-corrected chi connectivity index (χ0v) is 8.02. The van der Waals surface area contributed by atoms with E-state index in [1.54, 1.807) is 0 Å². The van der Waals surface area contributed by atoms with Gasteiger partial charge in [-0.15, -0.1) is 11.6 Å². The number of hydrogen-bond donors (Lipinski definition) is 1. The van der Waals surface area contributed by atoms with Crippen molar-refractivity contribution in [3.8, 4) is 0 Å². The molecule has 0 aromatic rings. The van der Waals surface area contributed by atoms with Gasteiger partial charge in [-0.2, -0.15) is 0 Å². The molecule has 2 fully saturated rings. The third-order valence-electron chi connectivity index (χ3n) is 2.95. The van der Waals surface area contributed by atoms with Crippen LogP contribution in [-0.2, 0) is 4.74 Å². The molecule has 0 aromatic heterocycles. The molecule has 0 radical (unpaired) electrons. The van der Waals surface area contributed by atoms with Crippen LogP contribution in [0.3, 0.4) is 0 Å². The molecule has 12 heavy (non-hydrogen) atoms. The topological polar surface area (TPSA) is 21.3 Å². The molecule has 3 unspecified atom stereocenters. The highest BCUT2D eigenvalue weighted by atomic mass is 35.5. The normalized spacial score (nSPS) is 43.2. The van der Waals surface area contributed by atoms with Crippen molar-refractivity contribution in [3.05, 3.63) is 0 Å². The molecule has 1 aliphatic heterocycles. The van der Waals surface area contributed by atoms with Gasteiger partial charge in [0.25, 0.3) is 0 Å². The van der Waals surface area contributed by atoms with E-state index in [1.807, 2.05) is 0 Å². The van der Waals surface area contributed by atoms with Crippen LogP contribution in [0, 0.1) is 5.92 Å². The quantitative estimate of drug-likeness (QED) is 0.635.